The van der Waals surface area contributed by atoms with E-state index in [4.69, 9.17) is 4.74 Å². The van der Waals surface area contributed by atoms with Crippen LogP contribution in [-0.2, 0) is 11.3 Å². The second kappa shape index (κ2) is 7.28. The molecule has 4 nitrogen and oxygen atoms in total. The standard InChI is InChI=1S/C16H20FN3OS/c1-20-6-7-21-13(10-20)9-18-8-12-11-22-16(19-12)14-4-2-3-5-15(14)17/h2-5,11,13,18H,6-10H2,1H3. The molecule has 0 amide bonds. The first-order valence-electron chi connectivity index (χ1n) is 7.42. The zero-order valence-corrected chi connectivity index (χ0v) is 13.4. The van der Waals surface area contributed by atoms with Gasteiger partial charge in [-0.3, -0.25) is 0 Å². The zero-order chi connectivity index (χ0) is 15.4. The fourth-order valence-electron chi connectivity index (χ4n) is 2.50. The molecule has 0 bridgehead atoms. The molecular formula is C16H20FN3OS. The van der Waals surface area contributed by atoms with Gasteiger partial charge in [0.05, 0.1) is 18.4 Å². The number of hydrogen-bond donors (Lipinski definition) is 1. The van der Waals surface area contributed by atoms with Crippen molar-refractivity contribution in [1.82, 2.24) is 15.2 Å². The van der Waals surface area contributed by atoms with Crippen LogP contribution < -0.4 is 5.32 Å². The predicted molar refractivity (Wildman–Crippen MR) is 86.5 cm³/mol. The minimum absolute atomic E-state index is 0.225. The molecule has 0 radical (unpaired) electrons. The maximum atomic E-state index is 13.7. The number of ether oxygens (including phenoxy) is 1. The molecule has 0 aliphatic carbocycles. The molecule has 1 unspecified atom stereocenters. The molecule has 1 aromatic carbocycles. The van der Waals surface area contributed by atoms with Gasteiger partial charge >= 0.3 is 0 Å². The third kappa shape index (κ3) is 3.89. The summed E-state index contributed by atoms with van der Waals surface area (Å²) in [6.07, 6.45) is 0.225. The van der Waals surface area contributed by atoms with Crippen LogP contribution >= 0.6 is 11.3 Å². The highest BCUT2D eigenvalue weighted by molar-refractivity contribution is 7.13. The molecular weight excluding hydrogens is 301 g/mol. The van der Waals surface area contributed by atoms with E-state index in [0.29, 0.717) is 12.1 Å². The van der Waals surface area contributed by atoms with E-state index in [-0.39, 0.29) is 11.9 Å². The number of nitrogens with zero attached hydrogens (tertiary/aromatic N) is 2. The average Bonchev–Trinajstić information content (AvgIpc) is 2.96. The van der Waals surface area contributed by atoms with E-state index in [1.807, 2.05) is 11.4 Å². The molecule has 1 fully saturated rings. The second-order valence-electron chi connectivity index (χ2n) is 5.51. The molecule has 2 heterocycles. The van der Waals surface area contributed by atoms with Crippen molar-refractivity contribution in [2.45, 2.75) is 12.6 Å². The Morgan fingerprint density at radius 1 is 1.45 bits per heavy atom. The van der Waals surface area contributed by atoms with Crippen molar-refractivity contribution in [2.24, 2.45) is 0 Å². The van der Waals surface area contributed by atoms with Crippen molar-refractivity contribution >= 4 is 11.3 Å². The van der Waals surface area contributed by atoms with Crippen molar-refractivity contribution in [3.63, 3.8) is 0 Å². The van der Waals surface area contributed by atoms with E-state index in [0.717, 1.165) is 36.9 Å². The van der Waals surface area contributed by atoms with Gasteiger partial charge in [-0.15, -0.1) is 11.3 Å². The van der Waals surface area contributed by atoms with Crippen LogP contribution in [0.5, 0.6) is 0 Å². The lowest BCUT2D eigenvalue weighted by Gasteiger charge is -2.30. The van der Waals surface area contributed by atoms with Gasteiger partial charge in [-0.25, -0.2) is 9.37 Å². The summed E-state index contributed by atoms with van der Waals surface area (Å²) in [6, 6.07) is 6.74. The fourth-order valence-corrected chi connectivity index (χ4v) is 3.34. The van der Waals surface area contributed by atoms with Gasteiger partial charge in [0.2, 0.25) is 0 Å². The van der Waals surface area contributed by atoms with Crippen LogP contribution in [-0.4, -0.2) is 49.3 Å². The van der Waals surface area contributed by atoms with Gasteiger partial charge in [-0.2, -0.15) is 0 Å². The van der Waals surface area contributed by atoms with Gasteiger partial charge in [0.15, 0.2) is 0 Å². The molecule has 118 valence electrons. The smallest absolute Gasteiger partial charge is 0.133 e. The van der Waals surface area contributed by atoms with Crippen LogP contribution in [0.4, 0.5) is 4.39 Å². The van der Waals surface area contributed by atoms with Crippen molar-refractivity contribution in [1.29, 1.82) is 0 Å². The van der Waals surface area contributed by atoms with E-state index in [1.165, 1.54) is 17.4 Å². The number of benzene rings is 1. The van der Waals surface area contributed by atoms with Crippen molar-refractivity contribution in [3.8, 4) is 10.6 Å². The van der Waals surface area contributed by atoms with Gasteiger partial charge in [0.1, 0.15) is 10.8 Å². The molecule has 1 atom stereocenters. The average molecular weight is 321 g/mol. The lowest BCUT2D eigenvalue weighted by molar-refractivity contribution is -0.0182. The Kier molecular flexibility index (Phi) is 5.15. The molecule has 1 N–H and O–H groups in total. The molecule has 2 aromatic rings. The quantitative estimate of drug-likeness (QED) is 0.917. The summed E-state index contributed by atoms with van der Waals surface area (Å²) in [4.78, 5) is 6.78. The second-order valence-corrected chi connectivity index (χ2v) is 6.37. The van der Waals surface area contributed by atoms with Crippen molar-refractivity contribution < 1.29 is 9.13 Å². The van der Waals surface area contributed by atoms with Crippen LogP contribution in [0.25, 0.3) is 10.6 Å². The van der Waals surface area contributed by atoms with Gasteiger partial charge in [0.25, 0.3) is 0 Å². The number of rotatable bonds is 5. The highest BCUT2D eigenvalue weighted by Crippen LogP contribution is 2.25. The molecule has 6 heteroatoms. The molecule has 0 spiro atoms. The lowest BCUT2D eigenvalue weighted by Crippen LogP contribution is -2.44. The number of thiazole rings is 1. The summed E-state index contributed by atoms with van der Waals surface area (Å²) < 4.78 is 19.5. The van der Waals surface area contributed by atoms with Crippen LogP contribution in [0.1, 0.15) is 5.69 Å². The summed E-state index contributed by atoms with van der Waals surface area (Å²) >= 11 is 1.47. The topological polar surface area (TPSA) is 37.4 Å². The largest absolute Gasteiger partial charge is 0.374 e. The molecule has 3 rings (SSSR count). The normalized spacial score (nSPS) is 19.5. The lowest BCUT2D eigenvalue weighted by atomic mass is 10.2. The molecule has 1 aromatic heterocycles. The summed E-state index contributed by atoms with van der Waals surface area (Å²) in [5, 5.41) is 6.07. The molecule has 22 heavy (non-hydrogen) atoms. The Morgan fingerprint density at radius 3 is 3.14 bits per heavy atom. The molecule has 1 aliphatic rings. The fraction of sp³-hybridized carbons (Fsp3) is 0.438. The van der Waals surface area contributed by atoms with E-state index in [1.54, 1.807) is 12.1 Å². The Bertz CT molecular complexity index is 619. The van der Waals surface area contributed by atoms with Gasteiger partial charge in [0, 0.05) is 37.1 Å². The van der Waals surface area contributed by atoms with Gasteiger partial charge in [-0.05, 0) is 19.2 Å². The Hall–Kier alpha value is -1.34. The molecule has 0 saturated carbocycles. The van der Waals surface area contributed by atoms with E-state index < -0.39 is 0 Å². The Morgan fingerprint density at radius 2 is 2.32 bits per heavy atom. The van der Waals surface area contributed by atoms with E-state index in [9.17, 15) is 4.39 Å². The number of nitrogens with one attached hydrogen (secondary N) is 1. The first-order chi connectivity index (χ1) is 10.7. The van der Waals surface area contributed by atoms with Crippen LogP contribution in [0, 0.1) is 5.82 Å². The van der Waals surface area contributed by atoms with Crippen LogP contribution in [0.3, 0.4) is 0 Å². The summed E-state index contributed by atoms with van der Waals surface area (Å²) in [5.74, 6) is -0.227. The van der Waals surface area contributed by atoms with Crippen molar-refractivity contribution in [2.75, 3.05) is 33.3 Å². The first kappa shape index (κ1) is 15.6. The maximum Gasteiger partial charge on any atom is 0.133 e. The molecule has 1 saturated heterocycles. The summed E-state index contributed by atoms with van der Waals surface area (Å²) in [7, 11) is 2.11. The van der Waals surface area contributed by atoms with E-state index in [2.05, 4.69) is 22.2 Å². The number of halogens is 1. The summed E-state index contributed by atoms with van der Waals surface area (Å²) in [5.41, 5.74) is 1.50. The predicted octanol–water partition coefficient (Wildman–Crippen LogP) is 2.37. The number of morpholine rings is 1. The number of likely N-dealkylation sites (N-methyl/N-ethyl adjacent to an activating group) is 1. The minimum Gasteiger partial charge on any atom is -0.374 e. The summed E-state index contributed by atoms with van der Waals surface area (Å²) in [6.45, 7) is 4.21. The maximum absolute atomic E-state index is 13.7. The molecule has 1 aliphatic heterocycles. The number of aromatic nitrogens is 1. The third-order valence-electron chi connectivity index (χ3n) is 3.68. The third-order valence-corrected chi connectivity index (χ3v) is 4.60. The minimum atomic E-state index is -0.227. The zero-order valence-electron chi connectivity index (χ0n) is 12.6. The SMILES string of the molecule is CN1CCOC(CNCc2csc(-c3ccccc3F)n2)C1. The Labute approximate surface area is 133 Å². The van der Waals surface area contributed by atoms with Gasteiger partial charge in [-0.1, -0.05) is 12.1 Å². The Balaban J connectivity index is 1.53. The highest BCUT2D eigenvalue weighted by atomic mass is 32.1. The first-order valence-corrected chi connectivity index (χ1v) is 8.30. The monoisotopic (exact) mass is 321 g/mol. The van der Waals surface area contributed by atoms with E-state index >= 15 is 0 Å². The number of hydrogen-bond acceptors (Lipinski definition) is 5. The van der Waals surface area contributed by atoms with Gasteiger partial charge < -0.3 is 15.0 Å². The van der Waals surface area contributed by atoms with Crippen molar-refractivity contribution in [3.05, 3.63) is 41.2 Å². The highest BCUT2D eigenvalue weighted by Gasteiger charge is 2.17. The van der Waals surface area contributed by atoms with Crippen LogP contribution in [0.15, 0.2) is 29.6 Å². The van der Waals surface area contributed by atoms with Crippen LogP contribution in [0.2, 0.25) is 0 Å².